The molecule has 0 unspecified atom stereocenters. The lowest BCUT2D eigenvalue weighted by Gasteiger charge is -2.30. The Morgan fingerprint density at radius 1 is 1.18 bits per heavy atom. The molecule has 0 aromatic heterocycles. The normalized spacial score (nSPS) is 18.5. The molecule has 1 aliphatic rings. The number of nitrogens with one attached hydrogen (secondary N) is 1. The Kier molecular flexibility index (Phi) is 4.47. The van der Waals surface area contributed by atoms with Crippen LogP contribution in [0.1, 0.15) is 44.6 Å². The van der Waals surface area contributed by atoms with E-state index in [0.29, 0.717) is 5.41 Å². The fourth-order valence-corrected chi connectivity index (χ4v) is 3.17. The summed E-state index contributed by atoms with van der Waals surface area (Å²) in [5.41, 5.74) is 1.89. The van der Waals surface area contributed by atoms with Gasteiger partial charge >= 0.3 is 0 Å². The van der Waals surface area contributed by atoms with Gasteiger partial charge in [-0.2, -0.15) is 0 Å². The topological polar surface area (TPSA) is 12.0 Å². The summed E-state index contributed by atoms with van der Waals surface area (Å²) in [7, 11) is 0. The average molecular weight is 252 g/mol. The number of hydrogen-bond donors (Lipinski definition) is 1. The van der Waals surface area contributed by atoms with Crippen LogP contribution in [-0.2, 0) is 5.41 Å². The maximum Gasteiger partial charge on any atom is 0.0406 e. The van der Waals surface area contributed by atoms with E-state index in [1.54, 1.807) is 0 Å². The van der Waals surface area contributed by atoms with Crippen molar-refractivity contribution in [3.05, 3.63) is 34.9 Å². The Morgan fingerprint density at radius 3 is 2.41 bits per heavy atom. The summed E-state index contributed by atoms with van der Waals surface area (Å²) >= 11 is 5.98. The second-order valence-corrected chi connectivity index (χ2v) is 5.53. The van der Waals surface area contributed by atoms with Crippen LogP contribution in [0.3, 0.4) is 0 Å². The lowest BCUT2D eigenvalue weighted by atomic mass is 9.76. The van der Waals surface area contributed by atoms with Gasteiger partial charge in [0.05, 0.1) is 0 Å². The summed E-state index contributed by atoms with van der Waals surface area (Å²) in [6, 6.07) is 8.51. The molecule has 1 fully saturated rings. The minimum absolute atomic E-state index is 0.409. The number of benzene rings is 1. The predicted molar refractivity (Wildman–Crippen MR) is 74.8 cm³/mol. The van der Waals surface area contributed by atoms with Gasteiger partial charge in [0.1, 0.15) is 0 Å². The van der Waals surface area contributed by atoms with Gasteiger partial charge in [-0.05, 0) is 55.5 Å². The highest BCUT2D eigenvalue weighted by Gasteiger charge is 2.34. The molecule has 1 aromatic carbocycles. The summed E-state index contributed by atoms with van der Waals surface area (Å²) < 4.78 is 0. The maximum atomic E-state index is 5.98. The zero-order valence-corrected chi connectivity index (χ0v) is 11.4. The van der Waals surface area contributed by atoms with Crippen molar-refractivity contribution in [1.82, 2.24) is 5.32 Å². The quantitative estimate of drug-likeness (QED) is 0.776. The number of hydrogen-bond acceptors (Lipinski definition) is 1. The van der Waals surface area contributed by atoms with E-state index >= 15 is 0 Å². The Morgan fingerprint density at radius 2 is 1.82 bits per heavy atom. The summed E-state index contributed by atoms with van der Waals surface area (Å²) in [5, 5.41) is 4.30. The van der Waals surface area contributed by atoms with Gasteiger partial charge in [-0.25, -0.2) is 0 Å². The van der Waals surface area contributed by atoms with Crippen LogP contribution in [0.2, 0.25) is 5.02 Å². The molecule has 0 radical (unpaired) electrons. The van der Waals surface area contributed by atoms with Crippen LogP contribution < -0.4 is 5.32 Å². The molecule has 17 heavy (non-hydrogen) atoms. The van der Waals surface area contributed by atoms with Crippen molar-refractivity contribution in [1.29, 1.82) is 0 Å². The smallest absolute Gasteiger partial charge is 0.0406 e. The van der Waals surface area contributed by atoms with Gasteiger partial charge < -0.3 is 5.32 Å². The monoisotopic (exact) mass is 251 g/mol. The molecule has 1 aliphatic carbocycles. The third kappa shape index (κ3) is 3.02. The maximum absolute atomic E-state index is 5.98. The minimum atomic E-state index is 0.409. The zero-order chi connectivity index (χ0) is 12.1. The second-order valence-electron chi connectivity index (χ2n) is 5.10. The minimum Gasteiger partial charge on any atom is -0.317 e. The third-order valence-electron chi connectivity index (χ3n) is 4.05. The van der Waals surface area contributed by atoms with Crippen LogP contribution >= 0.6 is 11.6 Å². The molecule has 0 amide bonds. The molecule has 0 heterocycles. The van der Waals surface area contributed by atoms with E-state index < -0.39 is 0 Å². The third-order valence-corrected chi connectivity index (χ3v) is 4.30. The summed E-state index contributed by atoms with van der Waals surface area (Å²) in [6.07, 6.45) is 6.66. The molecule has 0 spiro atoms. The lowest BCUT2D eigenvalue weighted by Crippen LogP contribution is -2.28. The van der Waals surface area contributed by atoms with E-state index in [2.05, 4.69) is 24.4 Å². The Hall–Kier alpha value is -0.530. The molecule has 0 aliphatic heterocycles. The van der Waals surface area contributed by atoms with E-state index in [1.807, 2.05) is 12.1 Å². The fraction of sp³-hybridized carbons (Fsp3) is 0.600. The Labute approximate surface area is 110 Å². The number of halogens is 1. The summed E-state index contributed by atoms with van der Waals surface area (Å²) in [6.45, 7) is 4.36. The standard InChI is InChI=1S/C15H22ClN/c1-2-17-12-11-15(9-3-4-10-15)13-5-7-14(16)8-6-13/h5-8,17H,2-4,9-12H2,1H3. The highest BCUT2D eigenvalue weighted by Crippen LogP contribution is 2.43. The second kappa shape index (κ2) is 5.88. The van der Waals surface area contributed by atoms with E-state index in [9.17, 15) is 0 Å². The van der Waals surface area contributed by atoms with Crippen molar-refractivity contribution >= 4 is 11.6 Å². The first-order chi connectivity index (χ1) is 8.27. The Bertz CT molecular complexity index is 338. The molecule has 2 heteroatoms. The van der Waals surface area contributed by atoms with Crippen LogP contribution in [0.25, 0.3) is 0 Å². The van der Waals surface area contributed by atoms with E-state index in [-0.39, 0.29) is 0 Å². The van der Waals surface area contributed by atoms with E-state index in [4.69, 9.17) is 11.6 Å². The van der Waals surface area contributed by atoms with Crippen molar-refractivity contribution in [2.45, 2.75) is 44.4 Å². The first-order valence-electron chi connectivity index (χ1n) is 6.74. The van der Waals surface area contributed by atoms with Gasteiger partial charge in [0.15, 0.2) is 0 Å². The summed E-state index contributed by atoms with van der Waals surface area (Å²) in [4.78, 5) is 0. The predicted octanol–water partition coefficient (Wildman–Crippen LogP) is 4.15. The van der Waals surface area contributed by atoms with Gasteiger partial charge in [0.2, 0.25) is 0 Å². The first kappa shape index (κ1) is 12.9. The molecule has 1 nitrogen and oxygen atoms in total. The van der Waals surface area contributed by atoms with Crippen LogP contribution in [-0.4, -0.2) is 13.1 Å². The van der Waals surface area contributed by atoms with Gasteiger partial charge in [0.25, 0.3) is 0 Å². The van der Waals surface area contributed by atoms with Crippen molar-refractivity contribution in [3.63, 3.8) is 0 Å². The summed E-state index contributed by atoms with van der Waals surface area (Å²) in [5.74, 6) is 0. The molecule has 0 atom stereocenters. The SMILES string of the molecule is CCNCCC1(c2ccc(Cl)cc2)CCCC1. The largest absolute Gasteiger partial charge is 0.317 e. The van der Waals surface area contributed by atoms with Crippen molar-refractivity contribution in [2.75, 3.05) is 13.1 Å². The van der Waals surface area contributed by atoms with Gasteiger partial charge in [-0.3, -0.25) is 0 Å². The molecule has 1 saturated carbocycles. The Balaban J connectivity index is 2.12. The molecule has 1 N–H and O–H groups in total. The van der Waals surface area contributed by atoms with Gasteiger partial charge in [-0.15, -0.1) is 0 Å². The molecule has 1 aromatic rings. The molecular formula is C15H22ClN. The number of rotatable bonds is 5. The van der Waals surface area contributed by atoms with Crippen LogP contribution in [0.5, 0.6) is 0 Å². The van der Waals surface area contributed by atoms with Crippen LogP contribution in [0, 0.1) is 0 Å². The molecule has 2 rings (SSSR count). The molecule has 0 bridgehead atoms. The van der Waals surface area contributed by atoms with E-state index in [1.165, 1.54) is 37.7 Å². The van der Waals surface area contributed by atoms with Crippen LogP contribution in [0.4, 0.5) is 0 Å². The van der Waals surface area contributed by atoms with Gasteiger partial charge in [-0.1, -0.05) is 43.5 Å². The zero-order valence-electron chi connectivity index (χ0n) is 10.6. The highest BCUT2D eigenvalue weighted by atomic mass is 35.5. The van der Waals surface area contributed by atoms with Gasteiger partial charge in [0, 0.05) is 5.02 Å². The molecule has 94 valence electrons. The van der Waals surface area contributed by atoms with Crippen molar-refractivity contribution in [2.24, 2.45) is 0 Å². The highest BCUT2D eigenvalue weighted by molar-refractivity contribution is 6.30. The first-order valence-corrected chi connectivity index (χ1v) is 7.11. The lowest BCUT2D eigenvalue weighted by molar-refractivity contribution is 0.395. The average Bonchev–Trinajstić information content (AvgIpc) is 2.80. The van der Waals surface area contributed by atoms with Crippen molar-refractivity contribution < 1.29 is 0 Å². The van der Waals surface area contributed by atoms with Crippen LogP contribution in [0.15, 0.2) is 24.3 Å². The molecule has 0 saturated heterocycles. The van der Waals surface area contributed by atoms with Crippen molar-refractivity contribution in [3.8, 4) is 0 Å². The van der Waals surface area contributed by atoms with E-state index in [0.717, 1.165) is 18.1 Å². The molecular weight excluding hydrogens is 230 g/mol. The fourth-order valence-electron chi connectivity index (χ4n) is 3.04.